The summed E-state index contributed by atoms with van der Waals surface area (Å²) >= 11 is 5.84. The van der Waals surface area contributed by atoms with E-state index in [0.717, 1.165) is 31.4 Å². The molecule has 0 aromatic heterocycles. The minimum atomic E-state index is -4.00. The van der Waals surface area contributed by atoms with Crippen LogP contribution in [0.3, 0.4) is 0 Å². The lowest BCUT2D eigenvalue weighted by molar-refractivity contribution is 0.346. The Morgan fingerprint density at radius 3 is 2.07 bits per heavy atom. The van der Waals surface area contributed by atoms with Gasteiger partial charge in [0, 0.05) is 13.1 Å². The molecular formula is C17H18ClFN2O4S2. The van der Waals surface area contributed by atoms with Crippen LogP contribution in [0.1, 0.15) is 19.3 Å². The number of sulfonamides is 2. The fourth-order valence-corrected chi connectivity index (χ4v) is 5.69. The molecule has 0 saturated carbocycles. The standard InChI is InChI=1S/C17H18ClFN2O4S2/c18-16-12-13(19)4-9-17(16)20-26(22,23)14-5-7-15(8-6-14)27(24,25)21-10-2-1-3-11-21/h4-9,12,20H,1-3,10-11H2. The summed E-state index contributed by atoms with van der Waals surface area (Å²) in [5.74, 6) is -0.588. The van der Waals surface area contributed by atoms with Crippen molar-refractivity contribution >= 4 is 37.3 Å². The summed E-state index contributed by atoms with van der Waals surface area (Å²) in [5.41, 5.74) is 0.0306. The molecule has 0 radical (unpaired) electrons. The van der Waals surface area contributed by atoms with Gasteiger partial charge in [-0.2, -0.15) is 4.31 Å². The van der Waals surface area contributed by atoms with Gasteiger partial charge in [0.2, 0.25) is 10.0 Å². The second-order valence-corrected chi connectivity index (χ2v) is 10.2. The van der Waals surface area contributed by atoms with Gasteiger partial charge in [-0.25, -0.2) is 21.2 Å². The fraction of sp³-hybridized carbons (Fsp3) is 0.294. The Kier molecular flexibility index (Phi) is 5.76. The first kappa shape index (κ1) is 20.1. The van der Waals surface area contributed by atoms with Crippen molar-refractivity contribution < 1.29 is 21.2 Å². The summed E-state index contributed by atoms with van der Waals surface area (Å²) in [6.45, 7) is 0.931. The predicted octanol–water partition coefficient (Wildman–Crippen LogP) is 3.45. The van der Waals surface area contributed by atoms with Gasteiger partial charge in [-0.15, -0.1) is 0 Å². The number of nitrogens with one attached hydrogen (secondary N) is 1. The molecule has 1 heterocycles. The number of piperidine rings is 1. The number of benzene rings is 2. The van der Waals surface area contributed by atoms with Gasteiger partial charge in [-0.1, -0.05) is 18.0 Å². The highest BCUT2D eigenvalue weighted by atomic mass is 35.5. The number of rotatable bonds is 5. The van der Waals surface area contributed by atoms with Gasteiger partial charge in [0.25, 0.3) is 10.0 Å². The van der Waals surface area contributed by atoms with Crippen LogP contribution >= 0.6 is 11.6 Å². The smallest absolute Gasteiger partial charge is 0.261 e. The van der Waals surface area contributed by atoms with Gasteiger partial charge in [0.1, 0.15) is 5.82 Å². The third-order valence-electron chi connectivity index (χ3n) is 4.26. The van der Waals surface area contributed by atoms with Gasteiger partial charge in [-0.3, -0.25) is 4.72 Å². The van der Waals surface area contributed by atoms with E-state index < -0.39 is 25.9 Å². The molecule has 2 aromatic carbocycles. The van der Waals surface area contributed by atoms with Gasteiger partial charge < -0.3 is 0 Å². The Bertz CT molecular complexity index is 1040. The molecule has 6 nitrogen and oxygen atoms in total. The zero-order chi connectivity index (χ0) is 19.7. The van der Waals surface area contributed by atoms with Crippen LogP contribution in [-0.2, 0) is 20.0 Å². The maximum absolute atomic E-state index is 13.1. The largest absolute Gasteiger partial charge is 0.278 e. The lowest BCUT2D eigenvalue weighted by Crippen LogP contribution is -2.35. The van der Waals surface area contributed by atoms with Crippen molar-refractivity contribution in [3.8, 4) is 0 Å². The number of hydrogen-bond acceptors (Lipinski definition) is 4. The summed E-state index contributed by atoms with van der Waals surface area (Å²) in [6.07, 6.45) is 2.63. The van der Waals surface area contributed by atoms with Crippen LogP contribution in [0, 0.1) is 5.82 Å². The molecule has 1 fully saturated rings. The average Bonchev–Trinajstić information content (AvgIpc) is 2.65. The van der Waals surface area contributed by atoms with E-state index in [1.807, 2.05) is 0 Å². The molecule has 0 aliphatic carbocycles. The molecule has 10 heteroatoms. The van der Waals surface area contributed by atoms with Crippen LogP contribution < -0.4 is 4.72 Å². The summed E-state index contributed by atoms with van der Waals surface area (Å²) < 4.78 is 67.0. The minimum Gasteiger partial charge on any atom is -0.278 e. The highest BCUT2D eigenvalue weighted by Crippen LogP contribution is 2.26. The Balaban J connectivity index is 1.83. The summed E-state index contributed by atoms with van der Waals surface area (Å²) in [6, 6.07) is 8.26. The minimum absolute atomic E-state index is 0.0306. The van der Waals surface area contributed by atoms with E-state index in [1.54, 1.807) is 0 Å². The van der Waals surface area contributed by atoms with Crippen molar-refractivity contribution in [1.29, 1.82) is 0 Å². The average molecular weight is 433 g/mol. The molecule has 0 unspecified atom stereocenters. The molecule has 1 saturated heterocycles. The van der Waals surface area contributed by atoms with Crippen LogP contribution in [0.15, 0.2) is 52.3 Å². The second kappa shape index (κ2) is 7.75. The lowest BCUT2D eigenvalue weighted by atomic mass is 10.2. The normalized spacial score (nSPS) is 16.2. The highest BCUT2D eigenvalue weighted by molar-refractivity contribution is 7.92. The Morgan fingerprint density at radius 2 is 1.48 bits per heavy atom. The molecular weight excluding hydrogens is 415 g/mol. The van der Waals surface area contributed by atoms with Crippen molar-refractivity contribution in [3.63, 3.8) is 0 Å². The molecule has 0 atom stereocenters. The number of hydrogen-bond donors (Lipinski definition) is 1. The van der Waals surface area contributed by atoms with E-state index >= 15 is 0 Å². The number of nitrogens with zero attached hydrogens (tertiary/aromatic N) is 1. The zero-order valence-electron chi connectivity index (χ0n) is 14.2. The topological polar surface area (TPSA) is 83.5 Å². The van der Waals surface area contributed by atoms with E-state index in [9.17, 15) is 21.2 Å². The number of anilines is 1. The van der Waals surface area contributed by atoms with Crippen molar-refractivity contribution in [2.75, 3.05) is 17.8 Å². The molecule has 0 spiro atoms. The van der Waals surface area contributed by atoms with E-state index in [-0.39, 0.29) is 20.5 Å². The summed E-state index contributed by atoms with van der Waals surface area (Å²) in [7, 11) is -7.64. The first-order valence-electron chi connectivity index (χ1n) is 8.28. The molecule has 146 valence electrons. The highest BCUT2D eigenvalue weighted by Gasteiger charge is 2.26. The van der Waals surface area contributed by atoms with Gasteiger partial charge in [0.15, 0.2) is 0 Å². The third-order valence-corrected chi connectivity index (χ3v) is 7.87. The molecule has 0 bridgehead atoms. The van der Waals surface area contributed by atoms with Crippen LogP contribution in [0.25, 0.3) is 0 Å². The van der Waals surface area contributed by atoms with Crippen LogP contribution in [0.2, 0.25) is 5.02 Å². The van der Waals surface area contributed by atoms with E-state index in [2.05, 4.69) is 4.72 Å². The van der Waals surface area contributed by atoms with Crippen molar-refractivity contribution in [2.24, 2.45) is 0 Å². The maximum atomic E-state index is 13.1. The van der Waals surface area contributed by atoms with Gasteiger partial charge in [-0.05, 0) is 55.3 Å². The maximum Gasteiger partial charge on any atom is 0.261 e. The second-order valence-electron chi connectivity index (χ2n) is 6.17. The van der Waals surface area contributed by atoms with Crippen LogP contribution in [0.4, 0.5) is 10.1 Å². The zero-order valence-corrected chi connectivity index (χ0v) is 16.6. The van der Waals surface area contributed by atoms with Crippen LogP contribution in [-0.4, -0.2) is 34.2 Å². The number of halogens is 2. The Hall–Kier alpha value is -1.68. The van der Waals surface area contributed by atoms with Crippen molar-refractivity contribution in [3.05, 3.63) is 53.3 Å². The van der Waals surface area contributed by atoms with Crippen LogP contribution in [0.5, 0.6) is 0 Å². The first-order chi connectivity index (χ1) is 12.7. The van der Waals surface area contributed by atoms with Crippen molar-refractivity contribution in [2.45, 2.75) is 29.1 Å². The molecule has 2 aromatic rings. The fourth-order valence-electron chi connectivity index (χ4n) is 2.82. The molecule has 1 aliphatic heterocycles. The Labute approximate surface area is 163 Å². The Morgan fingerprint density at radius 1 is 0.889 bits per heavy atom. The van der Waals surface area contributed by atoms with Crippen molar-refractivity contribution in [1.82, 2.24) is 4.31 Å². The molecule has 1 N–H and O–H groups in total. The monoisotopic (exact) mass is 432 g/mol. The molecule has 0 amide bonds. The van der Waals surface area contributed by atoms with E-state index in [4.69, 9.17) is 11.6 Å². The quantitative estimate of drug-likeness (QED) is 0.784. The first-order valence-corrected chi connectivity index (χ1v) is 11.6. The van der Waals surface area contributed by atoms with Gasteiger partial charge >= 0.3 is 0 Å². The molecule has 27 heavy (non-hydrogen) atoms. The van der Waals surface area contributed by atoms with E-state index in [1.165, 1.54) is 34.6 Å². The lowest BCUT2D eigenvalue weighted by Gasteiger charge is -2.25. The SMILES string of the molecule is O=S(=O)(Nc1ccc(F)cc1Cl)c1ccc(S(=O)(=O)N2CCCCC2)cc1. The van der Waals surface area contributed by atoms with Gasteiger partial charge in [0.05, 0.1) is 20.5 Å². The molecule has 1 aliphatic rings. The third kappa shape index (κ3) is 4.43. The predicted molar refractivity (Wildman–Crippen MR) is 101 cm³/mol. The summed E-state index contributed by atoms with van der Waals surface area (Å²) in [5, 5.41) is -0.0807. The summed E-state index contributed by atoms with van der Waals surface area (Å²) in [4.78, 5) is -0.0800. The molecule has 3 rings (SSSR count). The van der Waals surface area contributed by atoms with E-state index in [0.29, 0.717) is 13.1 Å².